The molecule has 0 radical (unpaired) electrons. The number of benzene rings is 1. The van der Waals surface area contributed by atoms with E-state index in [-0.39, 0.29) is 16.7 Å². The third kappa shape index (κ3) is 4.45. The van der Waals surface area contributed by atoms with E-state index in [0.717, 1.165) is 25.7 Å². The van der Waals surface area contributed by atoms with Crippen molar-refractivity contribution in [2.75, 3.05) is 10.5 Å². The summed E-state index contributed by atoms with van der Waals surface area (Å²) in [5.74, 6) is 0.477. The molecule has 0 amide bonds. The number of hydrogen-bond acceptors (Lipinski definition) is 3. The maximum atomic E-state index is 12.2. The van der Waals surface area contributed by atoms with E-state index in [1.54, 1.807) is 24.3 Å². The average molecular weight is 312 g/mol. The summed E-state index contributed by atoms with van der Waals surface area (Å²) >= 11 is 4.89. The molecule has 2 rings (SSSR count). The van der Waals surface area contributed by atoms with Gasteiger partial charge in [0.15, 0.2) is 0 Å². The van der Waals surface area contributed by atoms with Gasteiger partial charge in [-0.1, -0.05) is 43.6 Å². The van der Waals surface area contributed by atoms with E-state index in [4.69, 9.17) is 18.0 Å². The van der Waals surface area contributed by atoms with Gasteiger partial charge < -0.3 is 5.73 Å². The number of nitrogens with one attached hydrogen (secondary N) is 1. The van der Waals surface area contributed by atoms with Crippen LogP contribution in [0.15, 0.2) is 24.3 Å². The summed E-state index contributed by atoms with van der Waals surface area (Å²) in [4.78, 5) is 0.262. The molecule has 1 aliphatic carbocycles. The molecule has 0 saturated heterocycles. The van der Waals surface area contributed by atoms with Gasteiger partial charge in [0, 0.05) is 11.3 Å². The Morgan fingerprint density at radius 2 is 2.00 bits per heavy atom. The minimum Gasteiger partial charge on any atom is -0.389 e. The quantitative estimate of drug-likeness (QED) is 0.820. The van der Waals surface area contributed by atoms with Gasteiger partial charge in [0.2, 0.25) is 10.0 Å². The Kier molecular flexibility index (Phi) is 4.99. The van der Waals surface area contributed by atoms with Crippen molar-refractivity contribution in [2.24, 2.45) is 11.7 Å². The number of thiocarbonyl (C=S) groups is 1. The normalized spacial score (nSPS) is 16.8. The van der Waals surface area contributed by atoms with Crippen LogP contribution in [-0.2, 0) is 10.0 Å². The van der Waals surface area contributed by atoms with Gasteiger partial charge in [-0.15, -0.1) is 0 Å². The van der Waals surface area contributed by atoms with Crippen molar-refractivity contribution < 1.29 is 8.42 Å². The van der Waals surface area contributed by atoms with Gasteiger partial charge in [-0.05, 0) is 30.9 Å². The number of anilines is 1. The number of sulfonamides is 1. The predicted octanol–water partition coefficient (Wildman–Crippen LogP) is 2.64. The van der Waals surface area contributed by atoms with Gasteiger partial charge in [0.05, 0.1) is 5.75 Å². The average Bonchev–Trinajstić information content (AvgIpc) is 2.39. The summed E-state index contributed by atoms with van der Waals surface area (Å²) in [5, 5.41) is 0. The van der Waals surface area contributed by atoms with E-state index in [1.165, 1.54) is 6.42 Å². The van der Waals surface area contributed by atoms with Gasteiger partial charge >= 0.3 is 0 Å². The molecule has 0 spiro atoms. The van der Waals surface area contributed by atoms with Gasteiger partial charge in [-0.3, -0.25) is 4.72 Å². The fraction of sp³-hybridized carbons (Fsp3) is 0.500. The largest absolute Gasteiger partial charge is 0.389 e. The van der Waals surface area contributed by atoms with Crippen molar-refractivity contribution in [3.05, 3.63) is 29.8 Å². The highest BCUT2D eigenvalue weighted by molar-refractivity contribution is 7.92. The molecule has 0 heterocycles. The first-order chi connectivity index (χ1) is 9.46. The molecule has 1 aliphatic rings. The second kappa shape index (κ2) is 6.54. The summed E-state index contributed by atoms with van der Waals surface area (Å²) in [7, 11) is -3.31. The van der Waals surface area contributed by atoms with Gasteiger partial charge in [0.25, 0.3) is 0 Å². The first-order valence-corrected chi connectivity index (χ1v) is 8.93. The molecule has 6 heteroatoms. The van der Waals surface area contributed by atoms with Crippen LogP contribution < -0.4 is 10.5 Å². The molecule has 4 nitrogen and oxygen atoms in total. The van der Waals surface area contributed by atoms with Gasteiger partial charge in [-0.2, -0.15) is 0 Å². The molecule has 0 unspecified atom stereocenters. The minimum absolute atomic E-state index is 0.199. The molecule has 0 aliphatic heterocycles. The van der Waals surface area contributed by atoms with E-state index >= 15 is 0 Å². The van der Waals surface area contributed by atoms with E-state index in [2.05, 4.69) is 4.72 Å². The summed E-state index contributed by atoms with van der Waals surface area (Å²) in [6.07, 6.45) is 5.51. The van der Waals surface area contributed by atoms with Crippen LogP contribution in [0.3, 0.4) is 0 Å². The summed E-state index contributed by atoms with van der Waals surface area (Å²) in [6.45, 7) is 0. The zero-order valence-electron chi connectivity index (χ0n) is 11.3. The summed E-state index contributed by atoms with van der Waals surface area (Å²) in [6, 6.07) is 6.88. The highest BCUT2D eigenvalue weighted by atomic mass is 32.2. The molecule has 1 aromatic carbocycles. The van der Waals surface area contributed by atoms with Crippen molar-refractivity contribution in [3.63, 3.8) is 0 Å². The fourth-order valence-corrected chi connectivity index (χ4v) is 4.27. The lowest BCUT2D eigenvalue weighted by Crippen LogP contribution is -2.24. The Labute approximate surface area is 125 Å². The maximum absolute atomic E-state index is 12.2. The molecule has 0 aromatic heterocycles. The lowest BCUT2D eigenvalue weighted by atomic mass is 9.91. The molecule has 110 valence electrons. The molecule has 1 aromatic rings. The molecule has 3 N–H and O–H groups in total. The maximum Gasteiger partial charge on any atom is 0.232 e. The number of hydrogen-bond donors (Lipinski definition) is 2. The molecule has 0 atom stereocenters. The Morgan fingerprint density at radius 3 is 2.65 bits per heavy atom. The van der Waals surface area contributed by atoms with Crippen LogP contribution in [0.1, 0.15) is 37.7 Å². The molecule has 20 heavy (non-hydrogen) atoms. The molecule has 1 saturated carbocycles. The van der Waals surface area contributed by atoms with Crippen molar-refractivity contribution in [1.82, 2.24) is 0 Å². The highest BCUT2D eigenvalue weighted by Crippen LogP contribution is 2.25. The highest BCUT2D eigenvalue weighted by Gasteiger charge is 2.21. The van der Waals surface area contributed by atoms with Crippen molar-refractivity contribution in [1.29, 1.82) is 0 Å². The Hall–Kier alpha value is -1.14. The standard InChI is InChI=1S/C14H20N2O2S2/c15-14(19)12-7-4-8-13(9-12)16-20(17,18)10-11-5-2-1-3-6-11/h4,7-9,11,16H,1-3,5-6,10H2,(H2,15,19). The topological polar surface area (TPSA) is 72.2 Å². The van der Waals surface area contributed by atoms with E-state index in [0.29, 0.717) is 11.3 Å². The van der Waals surface area contributed by atoms with Crippen LogP contribution in [-0.4, -0.2) is 19.2 Å². The van der Waals surface area contributed by atoms with E-state index in [1.807, 2.05) is 0 Å². The molecule has 1 fully saturated rings. The zero-order valence-corrected chi connectivity index (χ0v) is 13.0. The van der Waals surface area contributed by atoms with E-state index in [9.17, 15) is 8.42 Å². The first kappa shape index (κ1) is 15.3. The smallest absolute Gasteiger partial charge is 0.232 e. The Balaban J connectivity index is 2.03. The lowest BCUT2D eigenvalue weighted by molar-refractivity contribution is 0.385. The lowest BCUT2D eigenvalue weighted by Gasteiger charge is -2.21. The van der Waals surface area contributed by atoms with Crippen molar-refractivity contribution in [2.45, 2.75) is 32.1 Å². The fourth-order valence-electron chi connectivity index (χ4n) is 2.62. The van der Waals surface area contributed by atoms with Crippen molar-refractivity contribution in [3.8, 4) is 0 Å². The number of rotatable bonds is 5. The third-order valence-electron chi connectivity index (χ3n) is 3.60. The monoisotopic (exact) mass is 312 g/mol. The summed E-state index contributed by atoms with van der Waals surface area (Å²) < 4.78 is 27.0. The molecular formula is C14H20N2O2S2. The molecular weight excluding hydrogens is 292 g/mol. The van der Waals surface area contributed by atoms with Crippen molar-refractivity contribution >= 4 is 32.9 Å². The van der Waals surface area contributed by atoms with Crippen LogP contribution in [0, 0.1) is 5.92 Å². The predicted molar refractivity (Wildman–Crippen MR) is 86.3 cm³/mol. The first-order valence-electron chi connectivity index (χ1n) is 6.87. The van der Waals surface area contributed by atoms with Gasteiger partial charge in [0.1, 0.15) is 4.99 Å². The minimum atomic E-state index is -3.31. The van der Waals surface area contributed by atoms with Crippen LogP contribution in [0.2, 0.25) is 0 Å². The summed E-state index contributed by atoms with van der Waals surface area (Å²) in [5.41, 5.74) is 6.73. The third-order valence-corrected chi connectivity index (χ3v) is 5.29. The van der Waals surface area contributed by atoms with Crippen LogP contribution >= 0.6 is 12.2 Å². The van der Waals surface area contributed by atoms with Crippen LogP contribution in [0.4, 0.5) is 5.69 Å². The van der Waals surface area contributed by atoms with E-state index < -0.39 is 10.0 Å². The number of nitrogens with two attached hydrogens (primary N) is 1. The zero-order chi connectivity index (χ0) is 14.6. The van der Waals surface area contributed by atoms with Gasteiger partial charge in [-0.25, -0.2) is 8.42 Å². The Bertz CT molecular complexity index is 579. The second-order valence-electron chi connectivity index (χ2n) is 5.33. The SMILES string of the molecule is NC(=S)c1cccc(NS(=O)(=O)CC2CCCCC2)c1. The second-order valence-corrected chi connectivity index (χ2v) is 7.54. The Morgan fingerprint density at radius 1 is 1.30 bits per heavy atom. The van der Waals surface area contributed by atoms with Crippen LogP contribution in [0.25, 0.3) is 0 Å². The molecule has 0 bridgehead atoms. The van der Waals surface area contributed by atoms with Crippen LogP contribution in [0.5, 0.6) is 0 Å².